The van der Waals surface area contributed by atoms with Gasteiger partial charge in [0.05, 0.1) is 13.2 Å². The molecule has 0 bridgehead atoms. The van der Waals surface area contributed by atoms with Gasteiger partial charge in [-0.15, -0.1) is 0 Å². The number of likely N-dealkylation sites (N-methyl/N-ethyl adjacent to an activating group) is 1. The minimum absolute atomic E-state index is 0.204. The highest BCUT2D eigenvalue weighted by Gasteiger charge is 2.46. The molecule has 216 valence electrons. The Hall–Kier alpha value is -2.13. The van der Waals surface area contributed by atoms with Gasteiger partial charge < -0.3 is 24.7 Å². The van der Waals surface area contributed by atoms with Crippen LogP contribution in [-0.4, -0.2) is 121 Å². The van der Waals surface area contributed by atoms with Crippen molar-refractivity contribution in [2.75, 3.05) is 54.0 Å². The van der Waals surface area contributed by atoms with Gasteiger partial charge in [0, 0.05) is 39.8 Å². The number of ether oxygens (including phenoxy) is 1. The van der Waals surface area contributed by atoms with Crippen LogP contribution in [0.5, 0.6) is 0 Å². The summed E-state index contributed by atoms with van der Waals surface area (Å²) < 4.78 is 68.9. The highest BCUT2D eigenvalue weighted by molar-refractivity contribution is 5.77. The zero-order chi connectivity index (χ0) is 28.6. The molecular weight excluding hydrogens is 516 g/mol. The van der Waals surface area contributed by atoms with Crippen molar-refractivity contribution in [2.45, 2.75) is 63.0 Å². The number of hydrogen-bond acceptors (Lipinski definition) is 6. The molecule has 2 saturated heterocycles. The summed E-state index contributed by atoms with van der Waals surface area (Å²) in [4.78, 5) is 36.7. The Morgan fingerprint density at radius 1 is 0.973 bits per heavy atom. The van der Waals surface area contributed by atoms with Crippen LogP contribution >= 0.6 is 0 Å². The predicted octanol–water partition coefficient (Wildman–Crippen LogP) is 2.70. The Bertz CT molecular complexity index is 741. The van der Waals surface area contributed by atoms with Gasteiger partial charge in [0.2, 0.25) is 5.91 Å². The average Bonchev–Trinajstić information content (AvgIpc) is 3.04. The number of carbonyl (C=O) groups is 3. The molecule has 2 heterocycles. The molecule has 3 fully saturated rings. The van der Waals surface area contributed by atoms with Gasteiger partial charge in [-0.2, -0.15) is 26.3 Å². The van der Waals surface area contributed by atoms with Crippen molar-refractivity contribution in [3.63, 3.8) is 0 Å². The summed E-state index contributed by atoms with van der Waals surface area (Å²) in [5.74, 6) is -5.31. The van der Waals surface area contributed by atoms with Crippen LogP contribution < -0.4 is 0 Å². The monoisotopic (exact) mass is 551 g/mol. The fourth-order valence-corrected chi connectivity index (χ4v) is 4.59. The summed E-state index contributed by atoms with van der Waals surface area (Å²) in [6.45, 7) is 4.85. The first-order valence-corrected chi connectivity index (χ1v) is 11.7. The lowest BCUT2D eigenvalue weighted by atomic mass is 9.75. The van der Waals surface area contributed by atoms with Crippen LogP contribution in [0.3, 0.4) is 0 Å². The smallest absolute Gasteiger partial charge is 0.475 e. The minimum atomic E-state index is -5.08. The van der Waals surface area contributed by atoms with E-state index in [1.54, 1.807) is 12.0 Å². The van der Waals surface area contributed by atoms with Crippen LogP contribution in [0.25, 0.3) is 0 Å². The van der Waals surface area contributed by atoms with Crippen LogP contribution in [0, 0.1) is 5.41 Å². The van der Waals surface area contributed by atoms with Gasteiger partial charge in [-0.05, 0) is 50.6 Å². The molecule has 9 nitrogen and oxygen atoms in total. The van der Waals surface area contributed by atoms with Gasteiger partial charge >= 0.3 is 24.3 Å². The lowest BCUT2D eigenvalue weighted by Crippen LogP contribution is -2.48. The Balaban J connectivity index is 0.000000404. The molecular formula is C22H35F6N3O6. The number of amides is 1. The molecule has 1 atom stereocenters. The maximum atomic E-state index is 12.1. The average molecular weight is 552 g/mol. The van der Waals surface area contributed by atoms with Crippen LogP contribution in [0.15, 0.2) is 0 Å². The van der Waals surface area contributed by atoms with Crippen molar-refractivity contribution in [2.24, 2.45) is 5.41 Å². The summed E-state index contributed by atoms with van der Waals surface area (Å²) >= 11 is 0. The van der Waals surface area contributed by atoms with E-state index in [0.29, 0.717) is 18.0 Å². The molecule has 1 unspecified atom stereocenters. The van der Waals surface area contributed by atoms with Crippen molar-refractivity contribution in [3.8, 4) is 0 Å². The highest BCUT2D eigenvalue weighted by Crippen LogP contribution is 2.44. The van der Waals surface area contributed by atoms with E-state index >= 15 is 0 Å². The molecule has 0 aromatic rings. The number of nitrogens with zero attached hydrogens (tertiary/aromatic N) is 3. The third kappa shape index (κ3) is 10.6. The second-order valence-electron chi connectivity index (χ2n) is 9.73. The quantitative estimate of drug-likeness (QED) is 0.502. The van der Waals surface area contributed by atoms with Gasteiger partial charge in [-0.25, -0.2) is 9.59 Å². The van der Waals surface area contributed by atoms with Gasteiger partial charge in [0.25, 0.3) is 0 Å². The number of carboxylic acid groups (broad SMARTS) is 2. The number of methoxy groups -OCH3 is 1. The van der Waals surface area contributed by atoms with E-state index in [2.05, 4.69) is 9.80 Å². The number of rotatable bonds is 5. The van der Waals surface area contributed by atoms with E-state index in [9.17, 15) is 31.1 Å². The Kier molecular flexibility index (Phi) is 12.1. The molecule has 1 saturated carbocycles. The van der Waals surface area contributed by atoms with Crippen molar-refractivity contribution >= 4 is 17.8 Å². The second-order valence-corrected chi connectivity index (χ2v) is 9.73. The zero-order valence-electron chi connectivity index (χ0n) is 21.1. The summed E-state index contributed by atoms with van der Waals surface area (Å²) in [7, 11) is 5.46. The molecule has 0 radical (unpaired) electrons. The second kappa shape index (κ2) is 13.6. The summed E-state index contributed by atoms with van der Waals surface area (Å²) in [5.41, 5.74) is 0.413. The van der Waals surface area contributed by atoms with Crippen molar-refractivity contribution in [1.82, 2.24) is 14.7 Å². The first kappa shape index (κ1) is 32.9. The number of aliphatic carboxylic acids is 2. The molecule has 37 heavy (non-hydrogen) atoms. The first-order valence-electron chi connectivity index (χ1n) is 11.7. The fraction of sp³-hybridized carbons (Fsp3) is 0.864. The summed E-state index contributed by atoms with van der Waals surface area (Å²) in [6.07, 6.45) is -2.17. The molecule has 2 aliphatic heterocycles. The maximum Gasteiger partial charge on any atom is 0.490 e. The molecule has 0 aromatic carbocycles. The standard InChI is InChI=1S/C18H33N3O2.2C2HF3O2/c1-19(2)17(22)12-21-14-18(11-16(21)13-23-3)7-9-20(10-8-18)15-5-4-6-15;2*3-2(4,5)1(6)7/h15-16H,4-14H2,1-3H3;2*(H,6,7). The summed E-state index contributed by atoms with van der Waals surface area (Å²) in [6, 6.07) is 1.27. The molecule has 15 heteroatoms. The van der Waals surface area contributed by atoms with E-state index in [4.69, 9.17) is 24.5 Å². The van der Waals surface area contributed by atoms with E-state index in [1.165, 1.54) is 51.6 Å². The normalized spacial score (nSPS) is 22.2. The van der Waals surface area contributed by atoms with Crippen LogP contribution in [0.1, 0.15) is 38.5 Å². The topological polar surface area (TPSA) is 111 Å². The zero-order valence-corrected chi connectivity index (χ0v) is 21.1. The lowest BCUT2D eigenvalue weighted by molar-refractivity contribution is -0.193. The number of carboxylic acids is 2. The number of likely N-dealkylation sites (tertiary alicyclic amines) is 2. The minimum Gasteiger partial charge on any atom is -0.475 e. The highest BCUT2D eigenvalue weighted by atomic mass is 19.4. The van der Waals surface area contributed by atoms with Crippen molar-refractivity contribution in [1.29, 1.82) is 0 Å². The Morgan fingerprint density at radius 2 is 1.43 bits per heavy atom. The molecule has 2 N–H and O–H groups in total. The Labute approximate surface area is 211 Å². The Morgan fingerprint density at radius 3 is 1.76 bits per heavy atom. The van der Waals surface area contributed by atoms with E-state index in [-0.39, 0.29) is 5.91 Å². The molecule has 1 spiro atoms. The molecule has 1 amide bonds. The fourth-order valence-electron chi connectivity index (χ4n) is 4.59. The number of piperidine rings is 1. The number of halogens is 6. The van der Waals surface area contributed by atoms with Gasteiger partial charge in [-0.1, -0.05) is 6.42 Å². The maximum absolute atomic E-state index is 12.1. The van der Waals surface area contributed by atoms with Gasteiger partial charge in [0.1, 0.15) is 0 Å². The molecule has 0 aromatic heterocycles. The summed E-state index contributed by atoms with van der Waals surface area (Å²) in [5, 5.41) is 14.2. The number of hydrogen-bond donors (Lipinski definition) is 2. The molecule has 3 rings (SSSR count). The predicted molar refractivity (Wildman–Crippen MR) is 119 cm³/mol. The van der Waals surface area contributed by atoms with E-state index in [1.807, 2.05) is 14.1 Å². The molecule has 1 aliphatic carbocycles. The third-order valence-corrected chi connectivity index (χ3v) is 6.85. The first-order chi connectivity index (χ1) is 16.9. The third-order valence-electron chi connectivity index (χ3n) is 6.85. The van der Waals surface area contributed by atoms with E-state index in [0.717, 1.165) is 19.2 Å². The number of carbonyl (C=O) groups excluding carboxylic acids is 1. The van der Waals surface area contributed by atoms with Crippen LogP contribution in [0.2, 0.25) is 0 Å². The van der Waals surface area contributed by atoms with Crippen molar-refractivity contribution < 1.29 is 55.7 Å². The van der Waals surface area contributed by atoms with Crippen molar-refractivity contribution in [3.05, 3.63) is 0 Å². The van der Waals surface area contributed by atoms with E-state index < -0.39 is 24.3 Å². The lowest BCUT2D eigenvalue weighted by Gasteiger charge is -2.45. The van der Waals surface area contributed by atoms with Crippen LogP contribution in [-0.2, 0) is 19.1 Å². The largest absolute Gasteiger partial charge is 0.490 e. The SMILES string of the molecule is COCC1CC2(CCN(C3CCC3)CC2)CN1CC(=O)N(C)C.O=C(O)C(F)(F)F.O=C(O)C(F)(F)F. The van der Waals surface area contributed by atoms with Crippen LogP contribution in [0.4, 0.5) is 26.3 Å². The van der Waals surface area contributed by atoms with Gasteiger partial charge in [0.15, 0.2) is 0 Å². The van der Waals surface area contributed by atoms with Gasteiger partial charge in [-0.3, -0.25) is 9.69 Å². The molecule has 3 aliphatic rings. The number of alkyl halides is 6.